The third-order valence-corrected chi connectivity index (χ3v) is 8.19. The third kappa shape index (κ3) is 5.11. The van der Waals surface area contributed by atoms with Crippen molar-refractivity contribution in [3.63, 3.8) is 0 Å². The van der Waals surface area contributed by atoms with Crippen LogP contribution >= 0.6 is 39.1 Å². The summed E-state index contributed by atoms with van der Waals surface area (Å²) in [6, 6.07) is 11.2. The van der Waals surface area contributed by atoms with E-state index in [1.54, 1.807) is 18.2 Å². The Morgan fingerprint density at radius 1 is 1.18 bits per heavy atom. The molecule has 0 amide bonds. The molecule has 0 aliphatic heterocycles. The minimum atomic E-state index is -3.43. The number of hydrogen-bond acceptors (Lipinski definition) is 2. The standard InChI is InChI=1S/C21H24BrCl2NO2S/c1-21(2)10-8-15(16-4-3-5-17(22)20(16)21)9-11-25-28(26,27)13-14-6-7-18(23)19(24)12-14/h3-7,12,15,25H,8-11,13H2,1-2H3. The summed E-state index contributed by atoms with van der Waals surface area (Å²) in [6.07, 6.45) is 2.93. The quantitative estimate of drug-likeness (QED) is 0.493. The minimum absolute atomic E-state index is 0.107. The lowest BCUT2D eigenvalue weighted by atomic mass is 9.68. The Hall–Kier alpha value is -0.590. The second kappa shape index (κ2) is 8.65. The van der Waals surface area contributed by atoms with E-state index < -0.39 is 10.0 Å². The molecule has 0 heterocycles. The predicted octanol–water partition coefficient (Wildman–Crippen LogP) is 6.42. The zero-order valence-electron chi connectivity index (χ0n) is 15.9. The SMILES string of the molecule is CC1(C)CCC(CCNS(=O)(=O)Cc2ccc(Cl)c(Cl)c2)c2cccc(Br)c21. The van der Waals surface area contributed by atoms with Gasteiger partial charge in [0.1, 0.15) is 0 Å². The van der Waals surface area contributed by atoms with Gasteiger partial charge in [-0.25, -0.2) is 13.1 Å². The van der Waals surface area contributed by atoms with Crippen molar-refractivity contribution in [2.75, 3.05) is 6.54 Å². The first-order valence-electron chi connectivity index (χ1n) is 9.29. The van der Waals surface area contributed by atoms with Crippen molar-refractivity contribution in [2.45, 2.75) is 50.2 Å². The molecule has 1 N–H and O–H groups in total. The van der Waals surface area contributed by atoms with Crippen LogP contribution in [0.1, 0.15) is 55.7 Å². The van der Waals surface area contributed by atoms with E-state index in [1.165, 1.54) is 11.1 Å². The fourth-order valence-corrected chi connectivity index (χ4v) is 6.39. The highest BCUT2D eigenvalue weighted by Gasteiger charge is 2.34. The molecule has 28 heavy (non-hydrogen) atoms. The molecule has 0 saturated carbocycles. The zero-order chi connectivity index (χ0) is 20.5. The van der Waals surface area contributed by atoms with Crippen LogP contribution in [0.25, 0.3) is 0 Å². The average molecular weight is 505 g/mol. The van der Waals surface area contributed by atoms with Crippen molar-refractivity contribution in [2.24, 2.45) is 0 Å². The number of benzene rings is 2. The lowest BCUT2D eigenvalue weighted by Gasteiger charge is -2.38. The van der Waals surface area contributed by atoms with Crippen LogP contribution in [0, 0.1) is 0 Å². The largest absolute Gasteiger partial charge is 0.215 e. The molecule has 0 aromatic heterocycles. The number of sulfonamides is 1. The van der Waals surface area contributed by atoms with Gasteiger partial charge in [0.05, 0.1) is 15.8 Å². The van der Waals surface area contributed by atoms with Crippen LogP contribution in [0.15, 0.2) is 40.9 Å². The topological polar surface area (TPSA) is 46.2 Å². The van der Waals surface area contributed by atoms with Crippen molar-refractivity contribution in [3.8, 4) is 0 Å². The molecule has 0 fully saturated rings. The van der Waals surface area contributed by atoms with Crippen LogP contribution in [-0.4, -0.2) is 15.0 Å². The summed E-state index contributed by atoms with van der Waals surface area (Å²) in [7, 11) is -3.43. The first kappa shape index (κ1) is 22.1. The third-order valence-electron chi connectivity index (χ3n) is 5.44. The zero-order valence-corrected chi connectivity index (χ0v) is 19.8. The molecule has 3 rings (SSSR count). The maximum absolute atomic E-state index is 12.4. The summed E-state index contributed by atoms with van der Waals surface area (Å²) < 4.78 is 28.8. The van der Waals surface area contributed by atoms with Crippen LogP contribution in [0.3, 0.4) is 0 Å². The highest BCUT2D eigenvalue weighted by atomic mass is 79.9. The van der Waals surface area contributed by atoms with E-state index in [2.05, 4.69) is 52.7 Å². The summed E-state index contributed by atoms with van der Waals surface area (Å²) in [5.74, 6) is 0.247. The molecule has 1 aliphatic rings. The Morgan fingerprint density at radius 2 is 1.93 bits per heavy atom. The van der Waals surface area contributed by atoms with Gasteiger partial charge in [-0.1, -0.05) is 71.2 Å². The van der Waals surface area contributed by atoms with Gasteiger partial charge >= 0.3 is 0 Å². The van der Waals surface area contributed by atoms with Crippen molar-refractivity contribution < 1.29 is 8.42 Å². The molecule has 0 saturated heterocycles. The summed E-state index contributed by atoms with van der Waals surface area (Å²) in [5, 5.41) is 0.780. The van der Waals surface area contributed by atoms with Crippen LogP contribution in [0.4, 0.5) is 0 Å². The monoisotopic (exact) mass is 503 g/mol. The fourth-order valence-electron chi connectivity index (χ4n) is 4.00. The molecule has 1 unspecified atom stereocenters. The lowest BCUT2D eigenvalue weighted by molar-refractivity contribution is 0.380. The summed E-state index contributed by atoms with van der Waals surface area (Å²) in [4.78, 5) is 0. The van der Waals surface area contributed by atoms with Gasteiger partial charge in [-0.15, -0.1) is 0 Å². The van der Waals surface area contributed by atoms with Gasteiger partial charge in [0, 0.05) is 11.0 Å². The maximum Gasteiger partial charge on any atom is 0.215 e. The van der Waals surface area contributed by atoms with E-state index in [-0.39, 0.29) is 11.2 Å². The summed E-state index contributed by atoms with van der Waals surface area (Å²) in [6.45, 7) is 4.96. The maximum atomic E-state index is 12.4. The predicted molar refractivity (Wildman–Crippen MR) is 121 cm³/mol. The normalized spacial score (nSPS) is 18.7. The van der Waals surface area contributed by atoms with Gasteiger partial charge in [0.25, 0.3) is 0 Å². The summed E-state index contributed by atoms with van der Waals surface area (Å²) >= 11 is 15.6. The summed E-state index contributed by atoms with van der Waals surface area (Å²) in [5.41, 5.74) is 3.43. The first-order valence-corrected chi connectivity index (χ1v) is 12.5. The molecule has 0 spiro atoms. The van der Waals surface area contributed by atoms with Crippen molar-refractivity contribution in [1.29, 1.82) is 0 Å². The Bertz CT molecular complexity index is 976. The van der Waals surface area contributed by atoms with Crippen molar-refractivity contribution in [3.05, 3.63) is 67.6 Å². The van der Waals surface area contributed by atoms with Gasteiger partial charge in [0.15, 0.2) is 0 Å². The highest BCUT2D eigenvalue weighted by Crippen LogP contribution is 2.46. The van der Waals surface area contributed by atoms with Gasteiger partial charge in [0.2, 0.25) is 10.0 Å². The number of rotatable bonds is 6. The second-order valence-corrected chi connectivity index (χ2v) is 11.5. The second-order valence-electron chi connectivity index (χ2n) is 8.01. The number of hydrogen-bond donors (Lipinski definition) is 1. The van der Waals surface area contributed by atoms with Crippen LogP contribution in [-0.2, 0) is 21.2 Å². The Morgan fingerprint density at radius 3 is 2.64 bits per heavy atom. The number of fused-ring (bicyclic) bond motifs is 1. The molecule has 1 aliphatic carbocycles. The molecule has 3 nitrogen and oxygen atoms in total. The Balaban J connectivity index is 1.65. The van der Waals surface area contributed by atoms with Crippen LogP contribution < -0.4 is 4.72 Å². The van der Waals surface area contributed by atoms with Gasteiger partial charge < -0.3 is 0 Å². The molecule has 0 bridgehead atoms. The van der Waals surface area contributed by atoms with E-state index >= 15 is 0 Å². The van der Waals surface area contributed by atoms with E-state index in [9.17, 15) is 8.42 Å². The smallest absolute Gasteiger partial charge is 0.215 e. The molecule has 2 aromatic carbocycles. The van der Waals surface area contributed by atoms with Crippen LogP contribution in [0.2, 0.25) is 10.0 Å². The molecule has 7 heteroatoms. The highest BCUT2D eigenvalue weighted by molar-refractivity contribution is 9.10. The Labute approximate surface area is 186 Å². The van der Waals surface area contributed by atoms with Gasteiger partial charge in [-0.2, -0.15) is 0 Å². The van der Waals surface area contributed by atoms with Crippen LogP contribution in [0.5, 0.6) is 0 Å². The van der Waals surface area contributed by atoms with E-state index in [1.807, 2.05) is 0 Å². The van der Waals surface area contributed by atoms with E-state index in [0.29, 0.717) is 28.1 Å². The number of nitrogens with one attached hydrogen (secondary N) is 1. The fraction of sp³-hybridized carbons (Fsp3) is 0.429. The van der Waals surface area contributed by atoms with Crippen molar-refractivity contribution in [1.82, 2.24) is 4.72 Å². The molecular weight excluding hydrogens is 481 g/mol. The first-order chi connectivity index (χ1) is 13.1. The van der Waals surface area contributed by atoms with E-state index in [0.717, 1.165) is 23.7 Å². The molecule has 1 atom stereocenters. The average Bonchev–Trinajstić information content (AvgIpc) is 2.59. The Kier molecular flexibility index (Phi) is 6.83. The molecule has 2 aromatic rings. The molecule has 0 radical (unpaired) electrons. The van der Waals surface area contributed by atoms with E-state index in [4.69, 9.17) is 23.2 Å². The van der Waals surface area contributed by atoms with Gasteiger partial charge in [-0.05, 0) is 65.5 Å². The minimum Gasteiger partial charge on any atom is -0.215 e. The molecular formula is C21H24BrCl2NO2S. The molecule has 152 valence electrons. The number of halogens is 3. The lowest BCUT2D eigenvalue weighted by Crippen LogP contribution is -2.30. The van der Waals surface area contributed by atoms with Crippen molar-refractivity contribution >= 4 is 49.2 Å². The van der Waals surface area contributed by atoms with Gasteiger partial charge in [-0.3, -0.25) is 0 Å².